The van der Waals surface area contributed by atoms with Crippen LogP contribution in [0, 0.1) is 0 Å². The molecule has 0 aliphatic heterocycles. The first-order valence-corrected chi connectivity index (χ1v) is 10.6. The zero-order chi connectivity index (χ0) is 21.6. The van der Waals surface area contributed by atoms with E-state index in [2.05, 4.69) is 10.6 Å². The van der Waals surface area contributed by atoms with Crippen LogP contribution in [-0.2, 0) is 0 Å². The predicted molar refractivity (Wildman–Crippen MR) is 123 cm³/mol. The number of para-hydroxylation sites is 4. The maximum atomic E-state index is 12.5. The first kappa shape index (κ1) is 20.7. The molecule has 3 aromatic carbocycles. The second kappa shape index (κ2) is 9.51. The summed E-state index contributed by atoms with van der Waals surface area (Å²) < 4.78 is 12.4. The molecular weight excluding hydrogens is 412 g/mol. The molecule has 158 valence electrons. The molecule has 0 saturated heterocycles. The molecule has 7 heteroatoms. The Morgan fingerprint density at radius 1 is 1.00 bits per heavy atom. The van der Waals surface area contributed by atoms with Crippen LogP contribution in [0.1, 0.15) is 10.4 Å². The largest absolute Gasteiger partial charge is 0.493 e. The second-order valence-electron chi connectivity index (χ2n) is 6.79. The number of hydrogen-bond acceptors (Lipinski definition) is 6. The molecular formula is C24H22N2O4S. The van der Waals surface area contributed by atoms with Gasteiger partial charge in [0.1, 0.15) is 6.23 Å². The lowest BCUT2D eigenvalue weighted by Gasteiger charge is -2.18. The van der Waals surface area contributed by atoms with Gasteiger partial charge < -0.3 is 25.2 Å². The molecule has 0 saturated carbocycles. The number of rotatable bonds is 8. The Balaban J connectivity index is 1.39. The van der Waals surface area contributed by atoms with Gasteiger partial charge in [0.05, 0.1) is 19.3 Å². The standard InChI is InChI=1S/C24H22N2O4S/c1-29-20-8-4-5-9-21(20)30-19-7-3-2-6-18(19)26-23(27)15-25-24(28)17-10-11-22-16(14-17)12-13-31-22/h2-14,23,26-27H,15H2,1H3,(H,25,28). The van der Waals surface area contributed by atoms with E-state index < -0.39 is 6.23 Å². The van der Waals surface area contributed by atoms with E-state index in [4.69, 9.17) is 9.47 Å². The number of hydrogen-bond donors (Lipinski definition) is 3. The van der Waals surface area contributed by atoms with E-state index in [0.717, 1.165) is 10.1 Å². The highest BCUT2D eigenvalue weighted by molar-refractivity contribution is 7.17. The first-order valence-electron chi connectivity index (χ1n) is 9.74. The summed E-state index contributed by atoms with van der Waals surface area (Å²) in [6.45, 7) is 0.0312. The third kappa shape index (κ3) is 4.96. The Hall–Kier alpha value is -3.55. The zero-order valence-electron chi connectivity index (χ0n) is 16.9. The van der Waals surface area contributed by atoms with Gasteiger partial charge in [-0.3, -0.25) is 4.79 Å². The summed E-state index contributed by atoms with van der Waals surface area (Å²) in [7, 11) is 1.58. The average molecular weight is 435 g/mol. The number of aliphatic hydroxyl groups is 1. The van der Waals surface area contributed by atoms with E-state index in [-0.39, 0.29) is 12.5 Å². The summed E-state index contributed by atoms with van der Waals surface area (Å²) >= 11 is 1.63. The van der Waals surface area contributed by atoms with Gasteiger partial charge in [-0.1, -0.05) is 24.3 Å². The normalized spacial score (nSPS) is 11.7. The van der Waals surface area contributed by atoms with E-state index in [1.807, 2.05) is 53.9 Å². The number of methoxy groups -OCH3 is 1. The van der Waals surface area contributed by atoms with Crippen LogP contribution in [0.3, 0.4) is 0 Å². The molecule has 1 unspecified atom stereocenters. The molecule has 3 N–H and O–H groups in total. The smallest absolute Gasteiger partial charge is 0.251 e. The van der Waals surface area contributed by atoms with Crippen LogP contribution in [0.25, 0.3) is 10.1 Å². The monoisotopic (exact) mass is 434 g/mol. The van der Waals surface area contributed by atoms with E-state index in [9.17, 15) is 9.90 Å². The molecule has 0 spiro atoms. The molecule has 0 radical (unpaired) electrons. The van der Waals surface area contributed by atoms with Gasteiger partial charge in [-0.05, 0) is 59.3 Å². The van der Waals surface area contributed by atoms with Crippen LogP contribution in [0.4, 0.5) is 5.69 Å². The summed E-state index contributed by atoms with van der Waals surface area (Å²) in [5, 5.41) is 19.2. The second-order valence-corrected chi connectivity index (χ2v) is 7.74. The molecule has 0 aliphatic rings. The number of fused-ring (bicyclic) bond motifs is 1. The van der Waals surface area contributed by atoms with Gasteiger partial charge >= 0.3 is 0 Å². The molecule has 0 fully saturated rings. The van der Waals surface area contributed by atoms with Crippen molar-refractivity contribution < 1.29 is 19.4 Å². The van der Waals surface area contributed by atoms with Crippen molar-refractivity contribution in [2.24, 2.45) is 0 Å². The van der Waals surface area contributed by atoms with Crippen molar-refractivity contribution in [3.63, 3.8) is 0 Å². The molecule has 31 heavy (non-hydrogen) atoms. The first-order chi connectivity index (χ1) is 15.1. The number of carbonyl (C=O) groups is 1. The molecule has 4 rings (SSSR count). The van der Waals surface area contributed by atoms with Gasteiger partial charge in [0, 0.05) is 10.3 Å². The highest BCUT2D eigenvalue weighted by Crippen LogP contribution is 2.34. The number of aliphatic hydroxyl groups excluding tert-OH is 1. The number of amides is 1. The maximum Gasteiger partial charge on any atom is 0.251 e. The van der Waals surface area contributed by atoms with Crippen molar-refractivity contribution in [1.29, 1.82) is 0 Å². The van der Waals surface area contributed by atoms with Crippen LogP contribution in [0.15, 0.2) is 78.2 Å². The van der Waals surface area contributed by atoms with Gasteiger partial charge in [0.15, 0.2) is 17.2 Å². The van der Waals surface area contributed by atoms with Gasteiger partial charge in [-0.2, -0.15) is 0 Å². The highest BCUT2D eigenvalue weighted by atomic mass is 32.1. The van der Waals surface area contributed by atoms with Gasteiger partial charge in [0.2, 0.25) is 0 Å². The zero-order valence-corrected chi connectivity index (χ0v) is 17.7. The Morgan fingerprint density at radius 3 is 2.55 bits per heavy atom. The fraction of sp³-hybridized carbons (Fsp3) is 0.125. The van der Waals surface area contributed by atoms with Crippen molar-refractivity contribution in [3.8, 4) is 17.2 Å². The minimum atomic E-state index is -1.00. The lowest BCUT2D eigenvalue weighted by molar-refractivity contribution is 0.0927. The molecule has 4 aromatic rings. The van der Waals surface area contributed by atoms with Crippen LogP contribution in [0.5, 0.6) is 17.2 Å². The topological polar surface area (TPSA) is 79.8 Å². The molecule has 1 amide bonds. The number of ether oxygens (including phenoxy) is 2. The van der Waals surface area contributed by atoms with E-state index in [0.29, 0.717) is 28.5 Å². The summed E-state index contributed by atoms with van der Waals surface area (Å²) in [5.74, 6) is 1.45. The summed E-state index contributed by atoms with van der Waals surface area (Å²) in [6.07, 6.45) is -1.00. The fourth-order valence-corrected chi connectivity index (χ4v) is 3.90. The number of benzene rings is 3. The summed E-state index contributed by atoms with van der Waals surface area (Å²) in [6, 6.07) is 22.1. The Morgan fingerprint density at radius 2 is 1.74 bits per heavy atom. The van der Waals surface area contributed by atoms with Crippen molar-refractivity contribution in [3.05, 3.63) is 83.7 Å². The lowest BCUT2D eigenvalue weighted by atomic mass is 10.1. The number of carbonyl (C=O) groups excluding carboxylic acids is 1. The minimum Gasteiger partial charge on any atom is -0.493 e. The molecule has 6 nitrogen and oxygen atoms in total. The van der Waals surface area contributed by atoms with Crippen molar-refractivity contribution in [2.45, 2.75) is 6.23 Å². The molecule has 1 aromatic heterocycles. The van der Waals surface area contributed by atoms with Crippen LogP contribution >= 0.6 is 11.3 Å². The molecule has 1 atom stereocenters. The third-order valence-corrected chi connectivity index (χ3v) is 5.57. The number of thiophene rings is 1. The Kier molecular flexibility index (Phi) is 6.35. The van der Waals surface area contributed by atoms with Crippen LogP contribution in [-0.4, -0.2) is 30.9 Å². The van der Waals surface area contributed by atoms with Gasteiger partial charge in [-0.15, -0.1) is 11.3 Å². The van der Waals surface area contributed by atoms with Gasteiger partial charge in [0.25, 0.3) is 5.91 Å². The molecule has 0 bridgehead atoms. The number of nitrogens with one attached hydrogen (secondary N) is 2. The lowest BCUT2D eigenvalue weighted by Crippen LogP contribution is -2.36. The van der Waals surface area contributed by atoms with E-state index in [1.54, 1.807) is 42.7 Å². The number of anilines is 1. The average Bonchev–Trinajstić information content (AvgIpc) is 3.27. The van der Waals surface area contributed by atoms with Crippen LogP contribution in [0.2, 0.25) is 0 Å². The quantitative estimate of drug-likeness (QED) is 0.345. The van der Waals surface area contributed by atoms with Crippen molar-refractivity contribution >= 4 is 33.0 Å². The predicted octanol–water partition coefficient (Wildman–Crippen LogP) is 4.86. The molecule has 1 heterocycles. The highest BCUT2D eigenvalue weighted by Gasteiger charge is 2.13. The van der Waals surface area contributed by atoms with E-state index >= 15 is 0 Å². The summed E-state index contributed by atoms with van der Waals surface area (Å²) in [4.78, 5) is 12.5. The van der Waals surface area contributed by atoms with Gasteiger partial charge in [-0.25, -0.2) is 0 Å². The van der Waals surface area contributed by atoms with Crippen molar-refractivity contribution in [1.82, 2.24) is 5.32 Å². The summed E-state index contributed by atoms with van der Waals surface area (Å²) in [5.41, 5.74) is 1.15. The Labute approximate surface area is 184 Å². The SMILES string of the molecule is COc1ccccc1Oc1ccccc1NC(O)CNC(=O)c1ccc2sccc2c1. The van der Waals surface area contributed by atoms with Crippen LogP contribution < -0.4 is 20.1 Å². The minimum absolute atomic E-state index is 0.0312. The fourth-order valence-electron chi connectivity index (χ4n) is 3.13. The molecule has 0 aliphatic carbocycles. The maximum absolute atomic E-state index is 12.5. The van der Waals surface area contributed by atoms with E-state index in [1.165, 1.54) is 0 Å². The third-order valence-electron chi connectivity index (χ3n) is 4.67. The van der Waals surface area contributed by atoms with Crippen molar-refractivity contribution in [2.75, 3.05) is 19.0 Å². The Bertz CT molecular complexity index is 1190.